The Labute approximate surface area is 155 Å². The summed E-state index contributed by atoms with van der Waals surface area (Å²) in [7, 11) is 0. The fourth-order valence-electron chi connectivity index (χ4n) is 3.95. The van der Waals surface area contributed by atoms with Crippen molar-refractivity contribution >= 4 is 24.2 Å². The lowest BCUT2D eigenvalue weighted by molar-refractivity contribution is -0.140. The van der Waals surface area contributed by atoms with Gasteiger partial charge in [0.15, 0.2) is 0 Å². The largest absolute Gasteiger partial charge is 0.340 e. The Balaban J connectivity index is 0.00000225. The van der Waals surface area contributed by atoms with E-state index in [9.17, 15) is 9.59 Å². The lowest BCUT2D eigenvalue weighted by atomic mass is 9.90. The smallest absolute Gasteiger partial charge is 0.254 e. The van der Waals surface area contributed by atoms with E-state index in [0.717, 1.165) is 25.8 Å². The molecule has 1 aromatic carbocycles. The van der Waals surface area contributed by atoms with Gasteiger partial charge in [0.2, 0.25) is 5.91 Å². The summed E-state index contributed by atoms with van der Waals surface area (Å²) in [6.07, 6.45) is 2.51. The van der Waals surface area contributed by atoms with E-state index < -0.39 is 5.54 Å². The molecule has 138 valence electrons. The van der Waals surface area contributed by atoms with Gasteiger partial charge < -0.3 is 15.5 Å². The van der Waals surface area contributed by atoms with Crippen molar-refractivity contribution in [2.75, 3.05) is 26.2 Å². The topological polar surface area (TPSA) is 66.6 Å². The van der Waals surface area contributed by atoms with Crippen LogP contribution in [0.5, 0.6) is 0 Å². The molecule has 25 heavy (non-hydrogen) atoms. The van der Waals surface area contributed by atoms with Crippen LogP contribution < -0.4 is 5.73 Å². The first-order valence-electron chi connectivity index (χ1n) is 8.76. The highest BCUT2D eigenvalue weighted by atomic mass is 35.5. The van der Waals surface area contributed by atoms with Crippen molar-refractivity contribution in [3.63, 3.8) is 0 Å². The summed E-state index contributed by atoms with van der Waals surface area (Å²) in [5.41, 5.74) is 5.77. The molecular weight excluding hydrogens is 338 g/mol. The van der Waals surface area contributed by atoms with Gasteiger partial charge in [0.1, 0.15) is 5.54 Å². The minimum atomic E-state index is -0.743. The molecule has 6 heteroatoms. The predicted molar refractivity (Wildman–Crippen MR) is 101 cm³/mol. The van der Waals surface area contributed by atoms with E-state index in [0.29, 0.717) is 25.2 Å². The Morgan fingerprint density at radius 1 is 1.12 bits per heavy atom. The standard InChI is InChI=1S/C19H27N3O2.ClH/c1-18(13-20)10-12-21(14-18)17(24)19(2)9-6-11-22(19)16(23)15-7-4-3-5-8-15;/h3-5,7-8H,6,9-14,20H2,1-2H3;1H. The van der Waals surface area contributed by atoms with Crippen molar-refractivity contribution < 1.29 is 9.59 Å². The predicted octanol–water partition coefficient (Wildman–Crippen LogP) is 2.30. The maximum absolute atomic E-state index is 13.2. The van der Waals surface area contributed by atoms with E-state index in [1.807, 2.05) is 42.2 Å². The minimum absolute atomic E-state index is 0. The van der Waals surface area contributed by atoms with Crippen LogP contribution >= 0.6 is 12.4 Å². The monoisotopic (exact) mass is 365 g/mol. The van der Waals surface area contributed by atoms with E-state index in [1.165, 1.54) is 0 Å². The number of amides is 2. The van der Waals surface area contributed by atoms with Gasteiger partial charge in [-0.25, -0.2) is 0 Å². The highest BCUT2D eigenvalue weighted by Crippen LogP contribution is 2.36. The maximum atomic E-state index is 13.2. The summed E-state index contributed by atoms with van der Waals surface area (Å²) in [4.78, 5) is 29.8. The zero-order valence-corrected chi connectivity index (χ0v) is 15.8. The molecule has 3 rings (SSSR count). The summed E-state index contributed by atoms with van der Waals surface area (Å²) >= 11 is 0. The lowest BCUT2D eigenvalue weighted by Gasteiger charge is -2.37. The van der Waals surface area contributed by atoms with Crippen LogP contribution in [0.1, 0.15) is 43.5 Å². The molecule has 0 aliphatic carbocycles. The quantitative estimate of drug-likeness (QED) is 0.893. The molecule has 2 saturated heterocycles. The molecule has 0 aromatic heterocycles. The second kappa shape index (κ2) is 7.34. The molecule has 2 atom stereocenters. The van der Waals surface area contributed by atoms with Crippen LogP contribution in [0, 0.1) is 5.41 Å². The molecule has 2 aliphatic heterocycles. The van der Waals surface area contributed by atoms with E-state index in [2.05, 4.69) is 6.92 Å². The average Bonchev–Trinajstić information content (AvgIpc) is 3.19. The molecule has 0 spiro atoms. The van der Waals surface area contributed by atoms with Crippen molar-refractivity contribution in [1.82, 2.24) is 9.80 Å². The second-order valence-electron chi connectivity index (χ2n) is 7.69. The van der Waals surface area contributed by atoms with E-state index in [4.69, 9.17) is 5.73 Å². The summed E-state index contributed by atoms with van der Waals surface area (Å²) < 4.78 is 0. The number of nitrogens with zero attached hydrogens (tertiary/aromatic N) is 2. The van der Waals surface area contributed by atoms with Crippen LogP contribution in [0.2, 0.25) is 0 Å². The molecule has 2 fully saturated rings. The Hall–Kier alpha value is -1.59. The Morgan fingerprint density at radius 2 is 1.80 bits per heavy atom. The molecule has 0 saturated carbocycles. The number of carbonyl (C=O) groups excluding carboxylic acids is 2. The Bertz CT molecular complexity index is 639. The van der Waals surface area contributed by atoms with Gasteiger partial charge in [0.05, 0.1) is 0 Å². The first kappa shape index (κ1) is 19.7. The van der Waals surface area contributed by atoms with Crippen LogP contribution in [-0.2, 0) is 4.79 Å². The van der Waals surface area contributed by atoms with Gasteiger partial charge in [-0.1, -0.05) is 25.1 Å². The number of carbonyl (C=O) groups is 2. The zero-order valence-electron chi connectivity index (χ0n) is 15.0. The molecular formula is C19H28ClN3O2. The van der Waals surface area contributed by atoms with E-state index in [1.54, 1.807) is 4.90 Å². The zero-order chi connectivity index (χ0) is 17.4. The Kier molecular flexibility index (Phi) is 5.79. The number of rotatable bonds is 3. The highest BCUT2D eigenvalue weighted by Gasteiger charge is 2.49. The number of hydrogen-bond donors (Lipinski definition) is 1. The van der Waals surface area contributed by atoms with Gasteiger partial charge in [0.25, 0.3) is 5.91 Å². The second-order valence-corrected chi connectivity index (χ2v) is 7.69. The number of nitrogens with two attached hydrogens (primary N) is 1. The third-order valence-electron chi connectivity index (χ3n) is 5.71. The molecule has 5 nitrogen and oxygen atoms in total. The SMILES string of the molecule is CC1(CN)CCN(C(=O)C2(C)CCCN2C(=O)c2ccccc2)C1.Cl. The molecule has 0 bridgehead atoms. The van der Waals surface area contributed by atoms with Gasteiger partial charge >= 0.3 is 0 Å². The van der Waals surface area contributed by atoms with Crippen LogP contribution in [0.4, 0.5) is 0 Å². The maximum Gasteiger partial charge on any atom is 0.254 e. The lowest BCUT2D eigenvalue weighted by Crippen LogP contribution is -2.56. The van der Waals surface area contributed by atoms with Crippen LogP contribution in [0.25, 0.3) is 0 Å². The number of benzene rings is 1. The van der Waals surface area contributed by atoms with Crippen molar-refractivity contribution in [1.29, 1.82) is 0 Å². The van der Waals surface area contributed by atoms with Gasteiger partial charge in [0, 0.05) is 25.2 Å². The fourth-order valence-corrected chi connectivity index (χ4v) is 3.95. The van der Waals surface area contributed by atoms with E-state index in [-0.39, 0.29) is 29.6 Å². The molecule has 2 N–H and O–H groups in total. The number of likely N-dealkylation sites (tertiary alicyclic amines) is 2. The molecule has 2 amide bonds. The number of hydrogen-bond acceptors (Lipinski definition) is 3. The normalized spacial score (nSPS) is 28.8. The van der Waals surface area contributed by atoms with Crippen LogP contribution in [0.3, 0.4) is 0 Å². The third kappa shape index (κ3) is 3.53. The van der Waals surface area contributed by atoms with Crippen molar-refractivity contribution in [3.05, 3.63) is 35.9 Å². The third-order valence-corrected chi connectivity index (χ3v) is 5.71. The molecule has 2 aliphatic rings. The number of halogens is 1. The highest BCUT2D eigenvalue weighted by molar-refractivity contribution is 5.99. The van der Waals surface area contributed by atoms with Gasteiger partial charge in [-0.05, 0) is 50.3 Å². The van der Waals surface area contributed by atoms with Crippen molar-refractivity contribution in [3.8, 4) is 0 Å². The molecule has 2 unspecified atom stereocenters. The first-order chi connectivity index (χ1) is 11.4. The van der Waals surface area contributed by atoms with Crippen LogP contribution in [0.15, 0.2) is 30.3 Å². The summed E-state index contributed by atoms with van der Waals surface area (Å²) in [6.45, 7) is 6.68. The fraction of sp³-hybridized carbons (Fsp3) is 0.579. The van der Waals surface area contributed by atoms with Crippen LogP contribution in [-0.4, -0.2) is 53.3 Å². The van der Waals surface area contributed by atoms with E-state index >= 15 is 0 Å². The molecule has 1 aromatic rings. The average molecular weight is 366 g/mol. The minimum Gasteiger partial charge on any atom is -0.340 e. The summed E-state index contributed by atoms with van der Waals surface area (Å²) in [6, 6.07) is 9.23. The van der Waals surface area contributed by atoms with Crippen molar-refractivity contribution in [2.24, 2.45) is 11.1 Å². The van der Waals surface area contributed by atoms with Crippen molar-refractivity contribution in [2.45, 2.75) is 38.6 Å². The van der Waals surface area contributed by atoms with Gasteiger partial charge in [-0.2, -0.15) is 0 Å². The van der Waals surface area contributed by atoms with Gasteiger partial charge in [-0.3, -0.25) is 9.59 Å². The molecule has 2 heterocycles. The summed E-state index contributed by atoms with van der Waals surface area (Å²) in [5, 5.41) is 0. The van der Waals surface area contributed by atoms with Gasteiger partial charge in [-0.15, -0.1) is 12.4 Å². The summed E-state index contributed by atoms with van der Waals surface area (Å²) in [5.74, 6) is 0.0196. The first-order valence-corrected chi connectivity index (χ1v) is 8.76. The molecule has 0 radical (unpaired) electrons. The Morgan fingerprint density at radius 3 is 2.40 bits per heavy atom.